The minimum absolute atomic E-state index is 0.171. The molecule has 160 valence electrons. The van der Waals surface area contributed by atoms with Crippen molar-refractivity contribution in [3.05, 3.63) is 76.3 Å². The van der Waals surface area contributed by atoms with Crippen molar-refractivity contribution in [3.8, 4) is 11.8 Å². The van der Waals surface area contributed by atoms with Crippen LogP contribution in [0.5, 0.6) is 5.75 Å². The van der Waals surface area contributed by atoms with E-state index in [1.54, 1.807) is 0 Å². The second-order valence-corrected chi connectivity index (χ2v) is 8.38. The predicted octanol–water partition coefficient (Wildman–Crippen LogP) is 4.87. The monoisotopic (exact) mass is 442 g/mol. The first-order chi connectivity index (χ1) is 15.6. The van der Waals surface area contributed by atoms with Gasteiger partial charge in [0.25, 0.3) is 5.91 Å². The summed E-state index contributed by atoms with van der Waals surface area (Å²) < 4.78 is 5.71. The highest BCUT2D eigenvalue weighted by molar-refractivity contribution is 8.18. The number of hydrogen-bond donors (Lipinski definition) is 1. The molecule has 32 heavy (non-hydrogen) atoms. The third kappa shape index (κ3) is 4.66. The summed E-state index contributed by atoms with van der Waals surface area (Å²) in [5.74, 6) is 0.601. The van der Waals surface area contributed by atoms with Crippen molar-refractivity contribution in [3.63, 3.8) is 0 Å². The number of nitriles is 1. The number of carbonyl (C=O) groups is 1. The van der Waals surface area contributed by atoms with Crippen LogP contribution in [-0.4, -0.2) is 29.2 Å². The number of fused-ring (bicyclic) bond motifs is 1. The lowest BCUT2D eigenvalue weighted by atomic mass is 10.0. The van der Waals surface area contributed by atoms with Gasteiger partial charge in [0, 0.05) is 24.0 Å². The Hall–Kier alpha value is -3.63. The number of thioether (sulfide) groups is 1. The van der Waals surface area contributed by atoms with E-state index in [2.05, 4.69) is 40.4 Å². The highest BCUT2D eigenvalue weighted by Crippen LogP contribution is 2.31. The summed E-state index contributed by atoms with van der Waals surface area (Å²) in [4.78, 5) is 22.0. The number of rotatable bonds is 6. The van der Waals surface area contributed by atoms with Gasteiger partial charge < -0.3 is 10.1 Å². The van der Waals surface area contributed by atoms with E-state index in [1.165, 1.54) is 23.5 Å². The van der Waals surface area contributed by atoms with Crippen LogP contribution in [0.4, 0.5) is 0 Å². The second kappa shape index (κ2) is 9.67. The Kier molecular flexibility index (Phi) is 6.52. The second-order valence-electron chi connectivity index (χ2n) is 7.34. The van der Waals surface area contributed by atoms with E-state index in [9.17, 15) is 10.1 Å². The average molecular weight is 443 g/mol. The van der Waals surface area contributed by atoms with E-state index in [-0.39, 0.29) is 11.8 Å². The lowest BCUT2D eigenvalue weighted by molar-refractivity contribution is -0.115. The molecule has 2 heterocycles. The molecule has 0 unspecified atom stereocenters. The predicted molar refractivity (Wildman–Crippen MR) is 128 cm³/mol. The maximum Gasteiger partial charge on any atom is 0.264 e. The van der Waals surface area contributed by atoms with E-state index >= 15 is 0 Å². The first-order valence-electron chi connectivity index (χ1n) is 10.3. The summed E-state index contributed by atoms with van der Waals surface area (Å²) in [5, 5.41) is 13.6. The number of nitrogens with one attached hydrogen (secondary N) is 1. The fourth-order valence-electron chi connectivity index (χ4n) is 3.41. The lowest BCUT2D eigenvalue weighted by Gasteiger charge is -2.09. The molecule has 0 aliphatic carbocycles. The van der Waals surface area contributed by atoms with Gasteiger partial charge in [0.2, 0.25) is 0 Å². The molecule has 1 N–H and O–H groups in total. The number of amides is 1. The SMILES string of the molecule is CCOc1c(C#N)cnc2ccc(/C=C3\SC(=NC[C@@H](C)c4ccccc4)NC3=O)cc12. The van der Waals surface area contributed by atoms with Crippen LogP contribution in [0.1, 0.15) is 36.5 Å². The van der Waals surface area contributed by atoms with Crippen LogP contribution in [0.25, 0.3) is 17.0 Å². The van der Waals surface area contributed by atoms with Gasteiger partial charge in [0.05, 0.1) is 17.0 Å². The Morgan fingerprint density at radius 2 is 2.09 bits per heavy atom. The Bertz CT molecular complexity index is 1260. The largest absolute Gasteiger partial charge is 0.492 e. The summed E-state index contributed by atoms with van der Waals surface area (Å²) in [6.45, 7) is 5.03. The van der Waals surface area contributed by atoms with Crippen LogP contribution in [0.3, 0.4) is 0 Å². The van der Waals surface area contributed by atoms with Crippen LogP contribution >= 0.6 is 11.8 Å². The summed E-state index contributed by atoms with van der Waals surface area (Å²) in [6.07, 6.45) is 3.34. The van der Waals surface area contributed by atoms with Gasteiger partial charge in [-0.3, -0.25) is 14.8 Å². The number of carbonyl (C=O) groups excluding carboxylic acids is 1. The van der Waals surface area contributed by atoms with Crippen molar-refractivity contribution in [2.75, 3.05) is 13.2 Å². The number of hydrogen-bond acceptors (Lipinski definition) is 6. The maximum atomic E-state index is 12.5. The lowest BCUT2D eigenvalue weighted by Crippen LogP contribution is -2.20. The highest BCUT2D eigenvalue weighted by atomic mass is 32.2. The zero-order valence-electron chi connectivity index (χ0n) is 17.8. The van der Waals surface area contributed by atoms with Crippen molar-refractivity contribution in [2.24, 2.45) is 4.99 Å². The molecule has 7 heteroatoms. The average Bonchev–Trinajstić information content (AvgIpc) is 3.17. The first-order valence-corrected chi connectivity index (χ1v) is 11.2. The van der Waals surface area contributed by atoms with Gasteiger partial charge in [0.15, 0.2) is 5.17 Å². The Morgan fingerprint density at radius 3 is 2.84 bits per heavy atom. The topological polar surface area (TPSA) is 87.4 Å². The molecule has 1 atom stereocenters. The Labute approximate surface area is 191 Å². The highest BCUT2D eigenvalue weighted by Gasteiger charge is 2.24. The van der Waals surface area contributed by atoms with Crippen molar-refractivity contribution in [1.82, 2.24) is 10.3 Å². The summed E-state index contributed by atoms with van der Waals surface area (Å²) in [6, 6.07) is 18.0. The smallest absolute Gasteiger partial charge is 0.264 e. The summed E-state index contributed by atoms with van der Waals surface area (Å²) in [5.41, 5.74) is 3.16. The molecule has 1 amide bonds. The molecule has 0 bridgehead atoms. The molecular weight excluding hydrogens is 420 g/mol. The normalized spacial score (nSPS) is 16.8. The van der Waals surface area contributed by atoms with Crippen LogP contribution in [0.2, 0.25) is 0 Å². The van der Waals surface area contributed by atoms with Crippen LogP contribution in [-0.2, 0) is 4.79 Å². The molecule has 4 rings (SSSR count). The standard InChI is InChI=1S/C25H22N4O2S/c1-3-31-23-19(13-26)15-27-21-10-9-17(11-20(21)23)12-22-24(30)29-25(32-22)28-14-16(2)18-7-5-4-6-8-18/h4-12,15-16H,3,14H2,1-2H3,(H,28,29,30)/b22-12-/t16-/m1/s1. The van der Waals surface area contributed by atoms with Gasteiger partial charge in [-0.05, 0) is 48.0 Å². The van der Waals surface area contributed by atoms with Gasteiger partial charge in [-0.15, -0.1) is 0 Å². The van der Waals surface area contributed by atoms with Crippen LogP contribution in [0.15, 0.2) is 64.6 Å². The van der Waals surface area contributed by atoms with Crippen molar-refractivity contribution >= 4 is 39.8 Å². The number of amidine groups is 1. The molecule has 1 saturated heterocycles. The number of aromatic nitrogens is 1. The fourth-order valence-corrected chi connectivity index (χ4v) is 4.24. The molecule has 3 aromatic rings. The van der Waals surface area contributed by atoms with Gasteiger partial charge in [-0.25, -0.2) is 0 Å². The van der Waals surface area contributed by atoms with Crippen molar-refractivity contribution in [1.29, 1.82) is 5.26 Å². The van der Waals surface area contributed by atoms with Gasteiger partial charge in [-0.1, -0.05) is 43.3 Å². The number of benzene rings is 2. The van der Waals surface area contributed by atoms with E-state index in [0.29, 0.717) is 34.5 Å². The third-order valence-corrected chi connectivity index (χ3v) is 6.03. The van der Waals surface area contributed by atoms with E-state index in [1.807, 2.05) is 49.4 Å². The first kappa shape index (κ1) is 21.6. The van der Waals surface area contributed by atoms with Crippen LogP contribution in [0, 0.1) is 11.3 Å². The van der Waals surface area contributed by atoms with E-state index in [0.717, 1.165) is 16.5 Å². The van der Waals surface area contributed by atoms with E-state index in [4.69, 9.17) is 4.74 Å². The molecular formula is C25H22N4O2S. The molecule has 0 spiro atoms. The fraction of sp³-hybridized carbons (Fsp3) is 0.200. The molecule has 2 aromatic carbocycles. The Balaban J connectivity index is 1.56. The summed E-state index contributed by atoms with van der Waals surface area (Å²) >= 11 is 1.33. The number of ether oxygens (including phenoxy) is 1. The molecule has 0 radical (unpaired) electrons. The van der Waals surface area contributed by atoms with Gasteiger partial charge in [-0.2, -0.15) is 5.26 Å². The minimum atomic E-state index is -0.171. The zero-order valence-corrected chi connectivity index (χ0v) is 18.6. The molecule has 1 aromatic heterocycles. The maximum absolute atomic E-state index is 12.5. The molecule has 0 saturated carbocycles. The molecule has 1 aliphatic heterocycles. The third-order valence-electron chi connectivity index (χ3n) is 5.08. The zero-order chi connectivity index (χ0) is 22.5. The molecule has 1 fully saturated rings. The molecule has 1 aliphatic rings. The van der Waals surface area contributed by atoms with Crippen molar-refractivity contribution in [2.45, 2.75) is 19.8 Å². The Morgan fingerprint density at radius 1 is 1.28 bits per heavy atom. The van der Waals surface area contributed by atoms with Crippen molar-refractivity contribution < 1.29 is 9.53 Å². The van der Waals surface area contributed by atoms with E-state index < -0.39 is 0 Å². The quantitative estimate of drug-likeness (QED) is 0.551. The van der Waals surface area contributed by atoms with Gasteiger partial charge in [0.1, 0.15) is 17.4 Å². The molecule has 6 nitrogen and oxygen atoms in total. The number of nitrogens with zero attached hydrogens (tertiary/aromatic N) is 3. The van der Waals surface area contributed by atoms with Gasteiger partial charge >= 0.3 is 0 Å². The number of pyridine rings is 1. The number of aliphatic imine (C=N–C) groups is 1. The minimum Gasteiger partial charge on any atom is -0.492 e. The van der Waals surface area contributed by atoms with Crippen LogP contribution < -0.4 is 10.1 Å². The summed E-state index contributed by atoms with van der Waals surface area (Å²) in [7, 11) is 0.